The van der Waals surface area contributed by atoms with Gasteiger partial charge in [0.05, 0.1) is 17.0 Å². The van der Waals surface area contributed by atoms with Crippen LogP contribution in [0.4, 0.5) is 5.00 Å². The summed E-state index contributed by atoms with van der Waals surface area (Å²) in [4.78, 5) is 36.2. The lowest BCUT2D eigenvalue weighted by atomic mass is 10.1. The van der Waals surface area contributed by atoms with Gasteiger partial charge in [0.15, 0.2) is 5.69 Å². The highest BCUT2D eigenvalue weighted by Crippen LogP contribution is 2.33. The highest BCUT2D eigenvalue weighted by Gasteiger charge is 2.26. The molecular formula is C15H18N4O4S. The van der Waals surface area contributed by atoms with Crippen LogP contribution in [-0.2, 0) is 11.8 Å². The van der Waals surface area contributed by atoms with Gasteiger partial charge in [0.25, 0.3) is 11.8 Å². The van der Waals surface area contributed by atoms with E-state index in [4.69, 9.17) is 10.5 Å². The fourth-order valence-corrected chi connectivity index (χ4v) is 3.17. The highest BCUT2D eigenvalue weighted by molar-refractivity contribution is 7.18. The fraction of sp³-hybridized carbons (Fsp3) is 0.333. The van der Waals surface area contributed by atoms with Crippen LogP contribution in [0.3, 0.4) is 0 Å². The van der Waals surface area contributed by atoms with Crippen molar-refractivity contribution in [2.75, 3.05) is 11.9 Å². The number of amides is 2. The average molecular weight is 350 g/mol. The monoisotopic (exact) mass is 350 g/mol. The first-order valence-electron chi connectivity index (χ1n) is 7.18. The first kappa shape index (κ1) is 17.7. The number of anilines is 1. The number of carbonyl (C=O) groups is 3. The van der Waals surface area contributed by atoms with E-state index in [0.29, 0.717) is 5.56 Å². The molecule has 0 aliphatic carbocycles. The molecular weight excluding hydrogens is 332 g/mol. The molecule has 3 N–H and O–H groups in total. The number of esters is 1. The Kier molecular flexibility index (Phi) is 5.03. The summed E-state index contributed by atoms with van der Waals surface area (Å²) in [6.07, 6.45) is 0. The summed E-state index contributed by atoms with van der Waals surface area (Å²) in [5, 5.41) is 6.92. The molecule has 24 heavy (non-hydrogen) atoms. The van der Waals surface area contributed by atoms with E-state index in [1.807, 2.05) is 6.92 Å². The SMILES string of the molecule is CCOC(=O)c1c(NC(=O)c2cc(C)n(C)n2)sc(C(N)=O)c1C. The Morgan fingerprint density at radius 2 is 2.04 bits per heavy atom. The van der Waals surface area contributed by atoms with Crippen LogP contribution in [0.15, 0.2) is 6.07 Å². The number of primary amides is 1. The van der Waals surface area contributed by atoms with Crippen LogP contribution in [-0.4, -0.2) is 34.2 Å². The third-order valence-electron chi connectivity index (χ3n) is 3.42. The Morgan fingerprint density at radius 1 is 1.38 bits per heavy atom. The number of nitrogens with two attached hydrogens (primary N) is 1. The van der Waals surface area contributed by atoms with E-state index in [2.05, 4.69) is 10.4 Å². The first-order chi connectivity index (χ1) is 11.3. The summed E-state index contributed by atoms with van der Waals surface area (Å²) < 4.78 is 6.56. The zero-order valence-corrected chi connectivity index (χ0v) is 14.6. The number of thiophene rings is 1. The van der Waals surface area contributed by atoms with Crippen molar-refractivity contribution >= 4 is 34.1 Å². The molecule has 0 saturated heterocycles. The normalized spacial score (nSPS) is 10.5. The maximum absolute atomic E-state index is 12.4. The molecule has 0 aliphatic heterocycles. The maximum atomic E-state index is 12.4. The average Bonchev–Trinajstić information content (AvgIpc) is 3.00. The van der Waals surface area contributed by atoms with Gasteiger partial charge in [0.2, 0.25) is 0 Å². The predicted octanol–water partition coefficient (Wildman–Crippen LogP) is 1.63. The number of nitrogens with one attached hydrogen (secondary N) is 1. The fourth-order valence-electron chi connectivity index (χ4n) is 2.12. The number of aromatic nitrogens is 2. The van der Waals surface area contributed by atoms with E-state index >= 15 is 0 Å². The Labute approximate surface area is 142 Å². The molecule has 0 radical (unpaired) electrons. The highest BCUT2D eigenvalue weighted by atomic mass is 32.1. The summed E-state index contributed by atoms with van der Waals surface area (Å²) >= 11 is 0.941. The molecule has 2 amide bonds. The molecule has 9 heteroatoms. The lowest BCUT2D eigenvalue weighted by molar-refractivity contribution is 0.0527. The van der Waals surface area contributed by atoms with Crippen LogP contribution in [0.2, 0.25) is 0 Å². The number of hydrogen-bond donors (Lipinski definition) is 2. The molecule has 0 aliphatic rings. The number of nitrogens with zero attached hydrogens (tertiary/aromatic N) is 2. The predicted molar refractivity (Wildman–Crippen MR) is 89.4 cm³/mol. The lowest BCUT2D eigenvalue weighted by Crippen LogP contribution is -2.15. The van der Waals surface area contributed by atoms with Gasteiger partial charge in [-0.1, -0.05) is 0 Å². The standard InChI is InChI=1S/C15H18N4O4S/c1-5-23-15(22)10-8(3)11(12(16)20)24-14(10)17-13(21)9-6-7(2)19(4)18-9/h6H,5H2,1-4H3,(H2,16,20)(H,17,21). The summed E-state index contributed by atoms with van der Waals surface area (Å²) in [6.45, 7) is 5.24. The molecule has 2 heterocycles. The van der Waals surface area contributed by atoms with Crippen molar-refractivity contribution in [1.29, 1.82) is 0 Å². The van der Waals surface area contributed by atoms with Gasteiger partial charge in [-0.15, -0.1) is 11.3 Å². The molecule has 0 bridgehead atoms. The van der Waals surface area contributed by atoms with Gasteiger partial charge in [-0.2, -0.15) is 5.10 Å². The van der Waals surface area contributed by atoms with Crippen molar-refractivity contribution in [2.45, 2.75) is 20.8 Å². The Morgan fingerprint density at radius 3 is 2.54 bits per heavy atom. The molecule has 0 spiro atoms. The van der Waals surface area contributed by atoms with Gasteiger partial charge in [0.1, 0.15) is 5.00 Å². The zero-order chi connectivity index (χ0) is 18.0. The largest absolute Gasteiger partial charge is 0.462 e. The lowest BCUT2D eigenvalue weighted by Gasteiger charge is -2.06. The number of hydrogen-bond acceptors (Lipinski definition) is 6. The second-order valence-electron chi connectivity index (χ2n) is 5.09. The van der Waals surface area contributed by atoms with E-state index < -0.39 is 17.8 Å². The van der Waals surface area contributed by atoms with Gasteiger partial charge in [0, 0.05) is 12.7 Å². The number of carbonyl (C=O) groups excluding carboxylic acids is 3. The van der Waals surface area contributed by atoms with E-state index in [1.165, 1.54) is 0 Å². The minimum absolute atomic E-state index is 0.136. The van der Waals surface area contributed by atoms with Gasteiger partial charge >= 0.3 is 5.97 Å². The van der Waals surface area contributed by atoms with Crippen molar-refractivity contribution < 1.29 is 19.1 Å². The van der Waals surface area contributed by atoms with Crippen LogP contribution < -0.4 is 11.1 Å². The summed E-state index contributed by atoms with van der Waals surface area (Å²) in [5.41, 5.74) is 6.87. The summed E-state index contributed by atoms with van der Waals surface area (Å²) in [5.74, 6) is -1.77. The van der Waals surface area contributed by atoms with Crippen molar-refractivity contribution in [3.63, 3.8) is 0 Å². The topological polar surface area (TPSA) is 116 Å². The van der Waals surface area contributed by atoms with Crippen molar-refractivity contribution in [2.24, 2.45) is 12.8 Å². The molecule has 0 aromatic carbocycles. The first-order valence-corrected chi connectivity index (χ1v) is 8.00. The number of ether oxygens (including phenoxy) is 1. The molecule has 128 valence electrons. The number of aryl methyl sites for hydroxylation is 2. The Balaban J connectivity index is 2.41. The molecule has 2 rings (SSSR count). The second-order valence-corrected chi connectivity index (χ2v) is 6.11. The second kappa shape index (κ2) is 6.83. The molecule has 8 nitrogen and oxygen atoms in total. The molecule has 0 saturated carbocycles. The van der Waals surface area contributed by atoms with Crippen LogP contribution in [0.5, 0.6) is 0 Å². The van der Waals surface area contributed by atoms with E-state index in [-0.39, 0.29) is 27.7 Å². The van der Waals surface area contributed by atoms with Crippen molar-refractivity contribution in [3.8, 4) is 0 Å². The quantitative estimate of drug-likeness (QED) is 0.795. The smallest absolute Gasteiger partial charge is 0.341 e. The third-order valence-corrected chi connectivity index (χ3v) is 4.65. The minimum Gasteiger partial charge on any atom is -0.462 e. The molecule has 2 aromatic heterocycles. The van der Waals surface area contributed by atoms with Gasteiger partial charge in [-0.3, -0.25) is 14.3 Å². The molecule has 0 unspecified atom stereocenters. The summed E-state index contributed by atoms with van der Waals surface area (Å²) in [6, 6.07) is 1.62. The van der Waals surface area contributed by atoms with Crippen LogP contribution in [0.1, 0.15) is 48.7 Å². The van der Waals surface area contributed by atoms with Gasteiger partial charge in [-0.25, -0.2) is 4.79 Å². The van der Waals surface area contributed by atoms with Crippen molar-refractivity contribution in [3.05, 3.63) is 33.5 Å². The Bertz CT molecular complexity index is 802. The molecule has 0 atom stereocenters. The molecule has 0 fully saturated rings. The van der Waals surface area contributed by atoms with E-state index in [9.17, 15) is 14.4 Å². The Hall–Kier alpha value is -2.68. The van der Waals surface area contributed by atoms with Crippen LogP contribution in [0.25, 0.3) is 0 Å². The van der Waals surface area contributed by atoms with Crippen molar-refractivity contribution in [1.82, 2.24) is 9.78 Å². The van der Waals surface area contributed by atoms with Crippen LogP contribution >= 0.6 is 11.3 Å². The number of rotatable bonds is 5. The van der Waals surface area contributed by atoms with E-state index in [0.717, 1.165) is 17.0 Å². The van der Waals surface area contributed by atoms with Crippen LogP contribution in [0, 0.1) is 13.8 Å². The van der Waals surface area contributed by atoms with Gasteiger partial charge in [-0.05, 0) is 32.4 Å². The molecule has 2 aromatic rings. The van der Waals surface area contributed by atoms with Gasteiger partial charge < -0.3 is 15.8 Å². The minimum atomic E-state index is -0.669. The van der Waals surface area contributed by atoms with E-state index in [1.54, 1.807) is 31.6 Å². The summed E-state index contributed by atoms with van der Waals surface area (Å²) in [7, 11) is 1.72. The maximum Gasteiger partial charge on any atom is 0.341 e. The zero-order valence-electron chi connectivity index (χ0n) is 13.8. The third kappa shape index (κ3) is 3.30.